The Labute approximate surface area is 304 Å². The Morgan fingerprint density at radius 3 is 2.56 bits per heavy atom. The number of aromatic nitrogens is 2. The summed E-state index contributed by atoms with van der Waals surface area (Å²) in [5, 5.41) is 2.64. The van der Waals surface area contributed by atoms with Crippen LogP contribution in [0.4, 0.5) is 16.4 Å². The molecule has 0 aliphatic carbocycles. The van der Waals surface area contributed by atoms with Crippen molar-refractivity contribution in [3.63, 3.8) is 0 Å². The molecule has 2 aliphatic heterocycles. The summed E-state index contributed by atoms with van der Waals surface area (Å²) in [6, 6.07) is 9.08. The number of amides is 3. The number of pyridine rings is 2. The number of urea groups is 1. The number of nitrogens with zero attached hydrogens (tertiary/aromatic N) is 5. The maximum Gasteiger partial charge on any atom is 2.00 e. The van der Waals surface area contributed by atoms with Crippen LogP contribution in [0.5, 0.6) is 0 Å². The molecule has 4 rings (SSSR count). The van der Waals surface area contributed by atoms with E-state index in [1.54, 1.807) is 35.4 Å². The number of hydrogen-bond donors (Lipinski definition) is 1. The van der Waals surface area contributed by atoms with Gasteiger partial charge in [0, 0.05) is 51.9 Å². The zero-order valence-corrected chi connectivity index (χ0v) is 37.4. The van der Waals surface area contributed by atoms with Crippen molar-refractivity contribution in [3.05, 3.63) is 61.3 Å². The number of anilines is 2. The van der Waals surface area contributed by atoms with Gasteiger partial charge in [0.05, 0.1) is 6.04 Å². The molecule has 0 bridgehead atoms. The van der Waals surface area contributed by atoms with Crippen molar-refractivity contribution in [2.45, 2.75) is 25.4 Å². The van der Waals surface area contributed by atoms with E-state index in [1.165, 1.54) is 6.54 Å². The van der Waals surface area contributed by atoms with Crippen LogP contribution in [0.15, 0.2) is 30.5 Å². The number of piperazine rings is 1. The van der Waals surface area contributed by atoms with Crippen LogP contribution in [0.25, 0.3) is 0 Å². The van der Waals surface area contributed by atoms with Gasteiger partial charge in [-0.1, -0.05) is 6.07 Å². The van der Waals surface area contributed by atoms with E-state index in [9.17, 15) is 14.4 Å². The van der Waals surface area contributed by atoms with Crippen molar-refractivity contribution in [1.82, 2.24) is 19.8 Å². The number of halogens is 6. The van der Waals surface area contributed by atoms with E-state index in [2.05, 4.69) is 108 Å². The number of hydrogen-bond acceptors (Lipinski definition) is 6. The minimum atomic E-state index is -0.533. The number of nitrogens with one attached hydrogen (secondary N) is 1. The van der Waals surface area contributed by atoms with Crippen LogP contribution in [-0.2, 0) is 51.0 Å². The van der Waals surface area contributed by atoms with Crippen LogP contribution in [0.2, 0.25) is 0 Å². The molecular formula is C22H23I6N6O3VW-. The molecule has 1 radical (unpaired) electrons. The summed E-state index contributed by atoms with van der Waals surface area (Å²) in [5.41, 5.74) is 0.751. The van der Waals surface area contributed by atoms with Gasteiger partial charge in [-0.3, -0.25) is 29.6 Å². The Kier molecular flexibility index (Phi) is 20.6. The first-order chi connectivity index (χ1) is 17.7. The second-order valence-corrected chi connectivity index (χ2v) is 105. The summed E-state index contributed by atoms with van der Waals surface area (Å²) in [7, 11) is -0.628. The molecule has 3 amide bonds. The van der Waals surface area contributed by atoms with Crippen LogP contribution in [0.3, 0.4) is 0 Å². The molecule has 1 unspecified atom stereocenters. The predicted octanol–water partition coefficient (Wildman–Crippen LogP) is 7.24. The van der Waals surface area contributed by atoms with Crippen LogP contribution in [0.1, 0.15) is 28.9 Å². The van der Waals surface area contributed by atoms with Gasteiger partial charge in [-0.25, -0.2) is 17.1 Å². The van der Waals surface area contributed by atoms with Gasteiger partial charge >= 0.3 is 109 Å². The molecule has 1 atom stereocenters. The minimum absolute atomic E-state index is 0. The molecule has 0 aromatic carbocycles. The fourth-order valence-corrected chi connectivity index (χ4v) is 3.97. The first-order valence-electron chi connectivity index (χ1n) is 10.9. The van der Waals surface area contributed by atoms with Gasteiger partial charge in [0.2, 0.25) is 5.91 Å². The van der Waals surface area contributed by atoms with E-state index in [-0.39, 0.29) is 85.4 Å². The molecule has 0 spiro atoms. The van der Waals surface area contributed by atoms with Crippen molar-refractivity contribution < 1.29 is 54.0 Å². The molecule has 2 aliphatic rings. The van der Waals surface area contributed by atoms with E-state index >= 15 is 0 Å². The van der Waals surface area contributed by atoms with E-state index in [0.29, 0.717) is 24.2 Å². The summed E-state index contributed by atoms with van der Waals surface area (Å²) < 4.78 is 0. The third-order valence-corrected chi connectivity index (χ3v) is 171. The molecule has 2 aromatic heterocycles. The average molecular weight is 1420 g/mol. The van der Waals surface area contributed by atoms with E-state index < -0.39 is 6.03 Å². The van der Waals surface area contributed by atoms with Gasteiger partial charge in [0.15, 0.2) is 6.29 Å². The molecule has 0 saturated carbocycles. The molecule has 2 fully saturated rings. The summed E-state index contributed by atoms with van der Waals surface area (Å²) in [5.74, 6) is 0.588. The second-order valence-electron chi connectivity index (χ2n) is 7.73. The van der Waals surface area contributed by atoms with Gasteiger partial charge < -0.3 is 23.3 Å². The summed E-state index contributed by atoms with van der Waals surface area (Å²) in [6.45, 7) is 7.63. The Morgan fingerprint density at radius 2 is 1.97 bits per heavy atom. The van der Waals surface area contributed by atoms with Crippen LogP contribution < -0.4 is 10.2 Å². The van der Waals surface area contributed by atoms with Crippen LogP contribution >= 0.6 is 90.3 Å². The monoisotopic (exact) mass is 1420 g/mol. The van der Waals surface area contributed by atoms with E-state index in [0.717, 1.165) is 30.8 Å². The Morgan fingerprint density at radius 1 is 1.26 bits per heavy atom. The fraction of sp³-hybridized carbons (Fsp3) is 0.318. The topological polar surface area (TPSA) is 98.7 Å². The Hall–Kier alpha value is 2.32. The minimum Gasteiger partial charge on any atom is -0.492 e. The average Bonchev–Trinajstić information content (AvgIpc) is 3.37. The van der Waals surface area contributed by atoms with Crippen molar-refractivity contribution in [1.29, 1.82) is 0 Å². The number of carbonyl (C=O) groups is 3. The zero-order valence-electron chi connectivity index (χ0n) is 20.2. The molecule has 2 saturated heterocycles. The molecule has 1 N–H and O–H groups in total. The Bertz CT molecular complexity index is 1090. The van der Waals surface area contributed by atoms with Gasteiger partial charge in [-0.2, -0.15) is 0 Å². The third-order valence-electron chi connectivity index (χ3n) is 5.63. The van der Waals surface area contributed by atoms with Crippen molar-refractivity contribution in [2.75, 3.05) is 29.9 Å². The van der Waals surface area contributed by atoms with Crippen LogP contribution in [0, 0.1) is 19.5 Å². The van der Waals surface area contributed by atoms with Crippen LogP contribution in [-0.4, -0.2) is 63.7 Å². The molecule has 9 nitrogen and oxygen atoms in total. The largest absolute Gasteiger partial charge is 2.00 e. The van der Waals surface area contributed by atoms with Crippen molar-refractivity contribution in [2.24, 2.45) is 0 Å². The van der Waals surface area contributed by atoms with Gasteiger partial charge in [-0.05, 0) is 38.1 Å². The SMILES string of the molecule is II(I)I(I)I.[CH2-][CH-]N(C(=O)Nc1ccccn1)c1[c-]cc(CN2CCN3CCCC3C2=O)c(C=O)n1.[V+2].[W]. The molecule has 17 heteroatoms. The molecular weight excluding hydrogens is 1390 g/mol. The Balaban J connectivity index is 0.000000858. The number of fused-ring (bicyclic) bond motifs is 1. The third kappa shape index (κ3) is 12.0. The van der Waals surface area contributed by atoms with Crippen molar-refractivity contribution in [3.8, 4) is 0 Å². The summed E-state index contributed by atoms with van der Waals surface area (Å²) in [4.78, 5) is 50.6. The summed E-state index contributed by atoms with van der Waals surface area (Å²) in [6.07, 6.45) is 4.09. The van der Waals surface area contributed by atoms with Gasteiger partial charge in [0.1, 0.15) is 5.82 Å². The summed E-state index contributed by atoms with van der Waals surface area (Å²) >= 11 is 10.5. The fourth-order valence-electron chi connectivity index (χ4n) is 3.97. The van der Waals surface area contributed by atoms with E-state index in [4.69, 9.17) is 0 Å². The number of rotatable bonds is 7. The molecule has 39 heavy (non-hydrogen) atoms. The maximum absolute atomic E-state index is 12.8. The first kappa shape index (κ1) is 39.3. The van der Waals surface area contributed by atoms with E-state index in [1.807, 2.05) is 0 Å². The van der Waals surface area contributed by atoms with Gasteiger partial charge in [0.25, 0.3) is 6.03 Å². The zero-order chi connectivity index (χ0) is 26.9. The number of aldehydes is 1. The first-order valence-corrected chi connectivity index (χ1v) is 42.3. The molecule has 2 aromatic rings. The smallest absolute Gasteiger partial charge is 0.492 e. The van der Waals surface area contributed by atoms with Gasteiger partial charge in [-0.15, -0.1) is 5.56 Å². The van der Waals surface area contributed by atoms with Crippen molar-refractivity contribution >= 4 is 120 Å². The second kappa shape index (κ2) is 20.4. The normalized spacial score (nSPS) is 16.9. The quantitative estimate of drug-likeness (QED) is 0.179. The molecule has 213 valence electrons. The molecule has 4 heterocycles. The maximum atomic E-state index is 12.8. The number of carbonyl (C=O) groups excluding carboxylic acids is 3. The standard InChI is InChI=1S/C22H23N6O3.I6.V.W/c1-2-28(22(31)25-19-7-3-4-10-23-19)20-9-8-16(17(15-29)24-20)14-27-13-12-26-11-5-6-18(26)21(27)30;1-5(2)6(3)4;;/h2-4,7-8,10,15,18H,1,5-6,11-14H2,(H,23,25,31);;;/q-3;;+2;. The predicted molar refractivity (Wildman–Crippen MR) is 198 cm³/mol.